The van der Waals surface area contributed by atoms with Crippen molar-refractivity contribution in [2.24, 2.45) is 0 Å². The van der Waals surface area contributed by atoms with E-state index in [-0.39, 0.29) is 45.9 Å². The van der Waals surface area contributed by atoms with Crippen LogP contribution in [0.25, 0.3) is 0 Å². The quantitative estimate of drug-likeness (QED) is 0.517. The molecule has 0 bridgehead atoms. The topological polar surface area (TPSA) is 110 Å². The molecule has 0 heterocycles. The Labute approximate surface area is 160 Å². The van der Waals surface area contributed by atoms with E-state index in [9.17, 15) is 24.6 Å². The number of rotatable bonds is 2. The van der Waals surface area contributed by atoms with Crippen LogP contribution >= 0.6 is 0 Å². The number of carbonyl (C=O) groups excluding carboxylic acids is 3. The lowest BCUT2D eigenvalue weighted by atomic mass is 9.77. The maximum absolute atomic E-state index is 13.1. The van der Waals surface area contributed by atoms with Crippen molar-refractivity contribution in [3.63, 3.8) is 0 Å². The minimum Gasteiger partial charge on any atom is -0.507 e. The highest BCUT2D eigenvalue weighted by atomic mass is 16.5. The fourth-order valence-corrected chi connectivity index (χ4v) is 4.11. The third-order valence-corrected chi connectivity index (χ3v) is 5.31. The van der Waals surface area contributed by atoms with Crippen molar-refractivity contribution >= 4 is 17.5 Å². The second kappa shape index (κ2) is 6.37. The highest BCUT2D eigenvalue weighted by Gasteiger charge is 2.40. The number of phenols is 2. The van der Waals surface area contributed by atoms with E-state index in [4.69, 9.17) is 9.47 Å². The predicted molar refractivity (Wildman–Crippen MR) is 97.2 cm³/mol. The molecule has 1 unspecified atom stereocenters. The summed E-state index contributed by atoms with van der Waals surface area (Å²) < 4.78 is 10.4. The molecule has 0 fully saturated rings. The van der Waals surface area contributed by atoms with E-state index in [0.717, 1.165) is 0 Å². The first-order valence-electron chi connectivity index (χ1n) is 8.88. The van der Waals surface area contributed by atoms with E-state index in [2.05, 4.69) is 0 Å². The Balaban J connectivity index is 1.92. The molecule has 0 aromatic heterocycles. The van der Waals surface area contributed by atoms with Crippen LogP contribution in [0.15, 0.2) is 18.2 Å². The van der Waals surface area contributed by atoms with E-state index in [1.165, 1.54) is 20.1 Å². The molecule has 0 saturated heterocycles. The van der Waals surface area contributed by atoms with E-state index in [1.54, 1.807) is 12.1 Å². The molecule has 0 spiro atoms. The Morgan fingerprint density at radius 2 is 1.71 bits per heavy atom. The van der Waals surface area contributed by atoms with Gasteiger partial charge in [-0.3, -0.25) is 14.4 Å². The number of phenolic OH excluding ortho intramolecular Hbond substituents is 2. The van der Waals surface area contributed by atoms with Gasteiger partial charge in [-0.25, -0.2) is 0 Å². The molecule has 28 heavy (non-hydrogen) atoms. The summed E-state index contributed by atoms with van der Waals surface area (Å²) in [7, 11) is 1.39. The van der Waals surface area contributed by atoms with Gasteiger partial charge in [-0.15, -0.1) is 0 Å². The van der Waals surface area contributed by atoms with Gasteiger partial charge < -0.3 is 19.7 Å². The summed E-state index contributed by atoms with van der Waals surface area (Å²) in [6.45, 7) is 1.30. The van der Waals surface area contributed by atoms with Crippen molar-refractivity contribution < 1.29 is 34.1 Å². The summed E-state index contributed by atoms with van der Waals surface area (Å²) in [5.74, 6) is -1.99. The van der Waals surface area contributed by atoms with Crippen molar-refractivity contribution in [2.75, 3.05) is 7.11 Å². The first kappa shape index (κ1) is 18.0. The lowest BCUT2D eigenvalue weighted by Gasteiger charge is -2.29. The van der Waals surface area contributed by atoms with Gasteiger partial charge in [0.05, 0.1) is 23.8 Å². The van der Waals surface area contributed by atoms with Crippen LogP contribution in [-0.4, -0.2) is 41.0 Å². The molecule has 2 aliphatic carbocycles. The number of aromatic hydroxyl groups is 2. The van der Waals surface area contributed by atoms with Gasteiger partial charge in [-0.05, 0) is 18.9 Å². The second-order valence-electron chi connectivity index (χ2n) is 6.92. The molecule has 0 aliphatic heterocycles. The van der Waals surface area contributed by atoms with Crippen molar-refractivity contribution in [2.45, 2.75) is 32.3 Å². The molecular formula is C21H18O7. The largest absolute Gasteiger partial charge is 0.507 e. The smallest absolute Gasteiger partial charge is 0.302 e. The van der Waals surface area contributed by atoms with E-state index in [0.29, 0.717) is 24.0 Å². The Hall–Kier alpha value is -3.35. The zero-order chi connectivity index (χ0) is 20.2. The summed E-state index contributed by atoms with van der Waals surface area (Å²) in [5, 5.41) is 21.7. The zero-order valence-electron chi connectivity index (χ0n) is 15.4. The molecular weight excluding hydrogens is 364 g/mol. The number of ketones is 2. The lowest BCUT2D eigenvalue weighted by molar-refractivity contribution is -0.146. The molecule has 4 rings (SSSR count). The normalized spacial score (nSPS) is 17.4. The van der Waals surface area contributed by atoms with Gasteiger partial charge >= 0.3 is 5.97 Å². The molecule has 2 aromatic carbocycles. The Morgan fingerprint density at radius 1 is 1.04 bits per heavy atom. The molecule has 7 heteroatoms. The van der Waals surface area contributed by atoms with Crippen molar-refractivity contribution in [3.05, 3.63) is 51.6 Å². The highest BCUT2D eigenvalue weighted by Crippen LogP contribution is 2.46. The number of hydrogen-bond acceptors (Lipinski definition) is 7. The number of fused-ring (bicyclic) bond motifs is 3. The first-order valence-corrected chi connectivity index (χ1v) is 8.88. The van der Waals surface area contributed by atoms with Gasteiger partial charge in [0.25, 0.3) is 0 Å². The fourth-order valence-electron chi connectivity index (χ4n) is 4.11. The van der Waals surface area contributed by atoms with Gasteiger partial charge in [0, 0.05) is 30.0 Å². The molecule has 1 atom stereocenters. The van der Waals surface area contributed by atoms with Gasteiger partial charge in [-0.1, -0.05) is 12.1 Å². The van der Waals surface area contributed by atoms with Gasteiger partial charge in [0.2, 0.25) is 5.78 Å². The van der Waals surface area contributed by atoms with Crippen LogP contribution in [0.2, 0.25) is 0 Å². The summed E-state index contributed by atoms with van der Waals surface area (Å²) in [5.41, 5.74) is 0.500. The average Bonchev–Trinajstić information content (AvgIpc) is 2.67. The Bertz CT molecular complexity index is 1050. The highest BCUT2D eigenvalue weighted by molar-refractivity contribution is 6.31. The van der Waals surface area contributed by atoms with E-state index < -0.39 is 23.6 Å². The minimum atomic E-state index is -0.570. The molecule has 0 saturated carbocycles. The van der Waals surface area contributed by atoms with Gasteiger partial charge in [-0.2, -0.15) is 0 Å². The maximum atomic E-state index is 13.1. The first-order chi connectivity index (χ1) is 13.3. The lowest BCUT2D eigenvalue weighted by Crippen LogP contribution is -2.28. The van der Waals surface area contributed by atoms with Crippen LogP contribution in [-0.2, 0) is 22.4 Å². The Morgan fingerprint density at radius 3 is 2.39 bits per heavy atom. The number of esters is 1. The number of benzene rings is 2. The molecule has 2 N–H and O–H groups in total. The maximum Gasteiger partial charge on any atom is 0.302 e. The van der Waals surface area contributed by atoms with Crippen LogP contribution in [0.4, 0.5) is 0 Å². The van der Waals surface area contributed by atoms with Crippen LogP contribution in [0.5, 0.6) is 17.2 Å². The molecule has 0 radical (unpaired) electrons. The van der Waals surface area contributed by atoms with Crippen LogP contribution in [0, 0.1) is 0 Å². The molecule has 0 amide bonds. The predicted octanol–water partition coefficient (Wildman–Crippen LogP) is 2.30. The summed E-state index contributed by atoms with van der Waals surface area (Å²) >= 11 is 0. The molecule has 2 aromatic rings. The Kier molecular flexibility index (Phi) is 4.10. The number of methoxy groups -OCH3 is 1. The number of carbonyl (C=O) groups is 3. The molecule has 7 nitrogen and oxygen atoms in total. The fraction of sp³-hybridized carbons (Fsp3) is 0.286. The standard InChI is InChI=1S/C21H18O7/c1-9(22)28-10-6-7-11-13(8-10)20(25)16-17(18(11)23)21(26)15-12(19(16)24)4-3-5-14(15)27-2/h3-5,10,23,25H,6-8H2,1-2H3. The van der Waals surface area contributed by atoms with Crippen LogP contribution in [0.3, 0.4) is 0 Å². The minimum absolute atomic E-state index is 0.0748. The third kappa shape index (κ3) is 2.46. The van der Waals surface area contributed by atoms with E-state index in [1.807, 2.05) is 0 Å². The van der Waals surface area contributed by atoms with Crippen LogP contribution < -0.4 is 4.74 Å². The summed E-state index contributed by atoms with van der Waals surface area (Å²) in [6.07, 6.45) is 0.449. The summed E-state index contributed by atoms with van der Waals surface area (Å²) in [6, 6.07) is 4.63. The zero-order valence-corrected chi connectivity index (χ0v) is 15.4. The van der Waals surface area contributed by atoms with Gasteiger partial charge in [0.15, 0.2) is 5.78 Å². The number of ether oxygens (including phenoxy) is 2. The van der Waals surface area contributed by atoms with Gasteiger partial charge in [0.1, 0.15) is 23.4 Å². The van der Waals surface area contributed by atoms with Crippen molar-refractivity contribution in [3.8, 4) is 17.2 Å². The van der Waals surface area contributed by atoms with Crippen molar-refractivity contribution in [1.29, 1.82) is 0 Å². The second-order valence-corrected chi connectivity index (χ2v) is 6.92. The number of hydrogen-bond donors (Lipinski definition) is 2. The summed E-state index contributed by atoms with van der Waals surface area (Å²) in [4.78, 5) is 37.5. The van der Waals surface area contributed by atoms with Crippen LogP contribution in [0.1, 0.15) is 56.3 Å². The SMILES string of the molecule is COc1cccc2c1C(=O)c1c(O)c3c(c(O)c1C2=O)CC(OC(C)=O)CC3. The molecule has 2 aliphatic rings. The average molecular weight is 382 g/mol. The van der Waals surface area contributed by atoms with Crippen molar-refractivity contribution in [1.82, 2.24) is 0 Å². The molecule has 144 valence electrons. The van der Waals surface area contributed by atoms with E-state index >= 15 is 0 Å². The monoisotopic (exact) mass is 382 g/mol. The third-order valence-electron chi connectivity index (χ3n) is 5.31.